The molecule has 0 fully saturated rings. The number of carbonyl (C=O) groups is 1. The van der Waals surface area contributed by atoms with Gasteiger partial charge < -0.3 is 10.6 Å². The molecule has 0 saturated heterocycles. The van der Waals surface area contributed by atoms with Gasteiger partial charge in [-0.15, -0.1) is 11.8 Å². The van der Waals surface area contributed by atoms with Crippen molar-refractivity contribution in [1.82, 2.24) is 4.90 Å². The Bertz CT molecular complexity index is 383. The van der Waals surface area contributed by atoms with Gasteiger partial charge in [0, 0.05) is 12.3 Å². The van der Waals surface area contributed by atoms with Crippen molar-refractivity contribution in [2.75, 3.05) is 19.3 Å². The average molecular weight is 280 g/mol. The molecule has 1 amide bonds. The highest BCUT2D eigenvalue weighted by Gasteiger charge is 2.17. The van der Waals surface area contributed by atoms with Gasteiger partial charge in [0.15, 0.2) is 0 Å². The second-order valence-electron chi connectivity index (χ2n) is 4.79. The van der Waals surface area contributed by atoms with Gasteiger partial charge in [-0.25, -0.2) is 0 Å². The third kappa shape index (κ3) is 5.25. The average Bonchev–Trinajstić information content (AvgIpc) is 2.44. The van der Waals surface area contributed by atoms with Gasteiger partial charge in [-0.1, -0.05) is 37.3 Å². The standard InChI is InChI=1S/C15H24N2OS/c1-12(9-10-16)19-11-15(18)17(3)13(2)14-7-5-4-6-8-14/h4-8,12-13H,9-11,16H2,1-3H3. The molecule has 0 aromatic heterocycles. The maximum atomic E-state index is 12.1. The second-order valence-corrected chi connectivity index (χ2v) is 6.22. The first-order valence-electron chi connectivity index (χ1n) is 6.68. The number of amides is 1. The van der Waals surface area contributed by atoms with Crippen LogP contribution in [0, 0.1) is 0 Å². The molecule has 2 N–H and O–H groups in total. The normalized spacial score (nSPS) is 13.9. The Balaban J connectivity index is 2.48. The highest BCUT2D eigenvalue weighted by molar-refractivity contribution is 8.00. The first kappa shape index (κ1) is 16.1. The van der Waals surface area contributed by atoms with E-state index in [9.17, 15) is 4.79 Å². The van der Waals surface area contributed by atoms with Crippen LogP contribution in [0.4, 0.5) is 0 Å². The zero-order chi connectivity index (χ0) is 14.3. The van der Waals surface area contributed by atoms with Crippen LogP contribution in [0.1, 0.15) is 31.9 Å². The third-order valence-electron chi connectivity index (χ3n) is 3.32. The Morgan fingerprint density at radius 3 is 2.53 bits per heavy atom. The maximum Gasteiger partial charge on any atom is 0.232 e. The number of benzene rings is 1. The quantitative estimate of drug-likeness (QED) is 0.835. The molecule has 0 heterocycles. The van der Waals surface area contributed by atoms with Gasteiger partial charge in [0.2, 0.25) is 5.91 Å². The highest BCUT2D eigenvalue weighted by Crippen LogP contribution is 2.20. The lowest BCUT2D eigenvalue weighted by atomic mass is 10.1. The predicted molar refractivity (Wildman–Crippen MR) is 83.2 cm³/mol. The number of rotatable bonds is 7. The van der Waals surface area contributed by atoms with E-state index in [-0.39, 0.29) is 11.9 Å². The summed E-state index contributed by atoms with van der Waals surface area (Å²) in [6.45, 7) is 4.85. The Kier molecular flexibility index (Phi) is 6.95. The minimum absolute atomic E-state index is 0.110. The summed E-state index contributed by atoms with van der Waals surface area (Å²) in [4.78, 5) is 14.0. The number of carbonyl (C=O) groups excluding carboxylic acids is 1. The fourth-order valence-corrected chi connectivity index (χ4v) is 2.74. The summed E-state index contributed by atoms with van der Waals surface area (Å²) in [7, 11) is 1.87. The van der Waals surface area contributed by atoms with Crippen molar-refractivity contribution in [3.63, 3.8) is 0 Å². The topological polar surface area (TPSA) is 46.3 Å². The number of nitrogens with zero attached hydrogens (tertiary/aromatic N) is 1. The number of hydrogen-bond acceptors (Lipinski definition) is 3. The summed E-state index contributed by atoms with van der Waals surface area (Å²) in [5.74, 6) is 0.694. The lowest BCUT2D eigenvalue weighted by Gasteiger charge is -2.25. The largest absolute Gasteiger partial charge is 0.338 e. The lowest BCUT2D eigenvalue weighted by molar-refractivity contribution is -0.128. The SMILES string of the molecule is CC(CCN)SCC(=O)N(C)C(C)c1ccccc1. The molecule has 4 heteroatoms. The Labute approximate surface area is 120 Å². The van der Waals surface area contributed by atoms with Gasteiger partial charge in [0.1, 0.15) is 0 Å². The van der Waals surface area contributed by atoms with Crippen molar-refractivity contribution < 1.29 is 4.79 Å². The molecule has 2 unspecified atom stereocenters. The fourth-order valence-electron chi connectivity index (χ4n) is 1.80. The summed E-state index contributed by atoms with van der Waals surface area (Å²) in [5.41, 5.74) is 6.68. The number of thioether (sulfide) groups is 1. The van der Waals surface area contributed by atoms with Crippen LogP contribution in [-0.4, -0.2) is 35.4 Å². The van der Waals surface area contributed by atoms with Crippen molar-refractivity contribution in [2.24, 2.45) is 5.73 Å². The van der Waals surface area contributed by atoms with Crippen LogP contribution in [0.5, 0.6) is 0 Å². The third-order valence-corrected chi connectivity index (χ3v) is 4.54. The van der Waals surface area contributed by atoms with E-state index >= 15 is 0 Å². The predicted octanol–water partition coefficient (Wildman–Crippen LogP) is 2.68. The van der Waals surface area contributed by atoms with Crippen LogP contribution in [-0.2, 0) is 4.79 Å². The Morgan fingerprint density at radius 2 is 1.95 bits per heavy atom. The summed E-state index contributed by atoms with van der Waals surface area (Å²) in [6.07, 6.45) is 0.954. The molecule has 0 radical (unpaired) electrons. The van der Waals surface area contributed by atoms with Crippen LogP contribution in [0.15, 0.2) is 30.3 Å². The molecule has 0 spiro atoms. The van der Waals surface area contributed by atoms with Gasteiger partial charge in [-0.3, -0.25) is 4.79 Å². The van der Waals surface area contributed by atoms with E-state index in [1.54, 1.807) is 11.8 Å². The minimum Gasteiger partial charge on any atom is -0.338 e. The van der Waals surface area contributed by atoms with E-state index in [2.05, 4.69) is 26.0 Å². The molecule has 3 nitrogen and oxygen atoms in total. The van der Waals surface area contributed by atoms with E-state index in [1.165, 1.54) is 5.56 Å². The molecular weight excluding hydrogens is 256 g/mol. The molecular formula is C15H24N2OS. The first-order valence-corrected chi connectivity index (χ1v) is 7.73. The van der Waals surface area contributed by atoms with Crippen molar-refractivity contribution in [1.29, 1.82) is 0 Å². The monoisotopic (exact) mass is 280 g/mol. The molecule has 0 aliphatic rings. The van der Waals surface area contributed by atoms with E-state index < -0.39 is 0 Å². The first-order chi connectivity index (χ1) is 9.06. The Morgan fingerprint density at radius 1 is 1.32 bits per heavy atom. The molecule has 0 bridgehead atoms. The van der Waals surface area contributed by atoms with Crippen molar-refractivity contribution in [3.05, 3.63) is 35.9 Å². The maximum absolute atomic E-state index is 12.1. The smallest absolute Gasteiger partial charge is 0.232 e. The van der Waals surface area contributed by atoms with E-state index in [0.717, 1.165) is 6.42 Å². The molecule has 2 atom stereocenters. The summed E-state index contributed by atoms with van der Waals surface area (Å²) in [5, 5.41) is 0.439. The van der Waals surface area contributed by atoms with E-state index in [0.29, 0.717) is 17.5 Å². The molecule has 0 aliphatic carbocycles. The zero-order valence-corrected chi connectivity index (χ0v) is 12.8. The van der Waals surface area contributed by atoms with Crippen LogP contribution >= 0.6 is 11.8 Å². The molecule has 106 valence electrons. The summed E-state index contributed by atoms with van der Waals surface area (Å²) in [6, 6.07) is 10.2. The van der Waals surface area contributed by atoms with Gasteiger partial charge in [-0.2, -0.15) is 0 Å². The fraction of sp³-hybridized carbons (Fsp3) is 0.533. The van der Waals surface area contributed by atoms with Gasteiger partial charge in [0.25, 0.3) is 0 Å². The van der Waals surface area contributed by atoms with Gasteiger partial charge in [0.05, 0.1) is 11.8 Å². The molecule has 0 saturated carbocycles. The Hall–Kier alpha value is -1.00. The molecule has 1 aromatic rings. The lowest BCUT2D eigenvalue weighted by Crippen LogP contribution is -2.31. The van der Waals surface area contributed by atoms with E-state index in [1.807, 2.05) is 30.1 Å². The summed E-state index contributed by atoms with van der Waals surface area (Å²) < 4.78 is 0. The number of nitrogens with two attached hydrogens (primary N) is 1. The van der Waals surface area contributed by atoms with Gasteiger partial charge in [-0.05, 0) is 25.5 Å². The van der Waals surface area contributed by atoms with E-state index in [4.69, 9.17) is 5.73 Å². The van der Waals surface area contributed by atoms with Crippen molar-refractivity contribution in [2.45, 2.75) is 31.6 Å². The van der Waals surface area contributed by atoms with Crippen molar-refractivity contribution in [3.8, 4) is 0 Å². The second kappa shape index (κ2) is 8.23. The van der Waals surface area contributed by atoms with Crippen molar-refractivity contribution >= 4 is 17.7 Å². The molecule has 19 heavy (non-hydrogen) atoms. The number of hydrogen-bond donors (Lipinski definition) is 1. The zero-order valence-electron chi connectivity index (χ0n) is 12.0. The minimum atomic E-state index is 0.110. The molecule has 1 aromatic carbocycles. The molecule has 0 aliphatic heterocycles. The van der Waals surface area contributed by atoms with Crippen LogP contribution in [0.3, 0.4) is 0 Å². The van der Waals surface area contributed by atoms with Crippen LogP contribution < -0.4 is 5.73 Å². The van der Waals surface area contributed by atoms with Gasteiger partial charge >= 0.3 is 0 Å². The molecule has 1 rings (SSSR count). The van der Waals surface area contributed by atoms with Crippen LogP contribution in [0.25, 0.3) is 0 Å². The summed E-state index contributed by atoms with van der Waals surface area (Å²) >= 11 is 1.68. The highest BCUT2D eigenvalue weighted by atomic mass is 32.2. The van der Waals surface area contributed by atoms with Crippen LogP contribution in [0.2, 0.25) is 0 Å².